The lowest BCUT2D eigenvalue weighted by Crippen LogP contribution is -1.98. The van der Waals surface area contributed by atoms with Crippen LogP contribution in [0, 0.1) is 26.6 Å². The average Bonchev–Trinajstić information content (AvgIpc) is 2.24. The van der Waals surface area contributed by atoms with Crippen molar-refractivity contribution < 1.29 is 4.39 Å². The Bertz CT molecular complexity index is 556. The Morgan fingerprint density at radius 3 is 2.22 bits per heavy atom. The van der Waals surface area contributed by atoms with Crippen molar-refractivity contribution in [2.45, 2.75) is 30.8 Å². The third-order valence-electron chi connectivity index (χ3n) is 2.71. The molecule has 2 aromatic rings. The molecule has 0 aliphatic rings. The summed E-state index contributed by atoms with van der Waals surface area (Å²) >= 11 is 1.31. The molecule has 0 fully saturated rings. The Kier molecular flexibility index (Phi) is 3.52. The predicted octanol–water partition coefficient (Wildman–Crippen LogP) is 3.27. The molecule has 0 radical (unpaired) electrons. The number of halogens is 1. The number of benzene rings is 1. The average molecular weight is 263 g/mol. The molecule has 2 N–H and O–H groups in total. The third-order valence-corrected chi connectivity index (χ3v) is 3.55. The minimum absolute atomic E-state index is 0.349. The van der Waals surface area contributed by atoms with Gasteiger partial charge < -0.3 is 5.73 Å². The summed E-state index contributed by atoms with van der Waals surface area (Å²) in [5.74, 6) is -0.349. The largest absolute Gasteiger partial charge is 0.399 e. The fraction of sp³-hybridized carbons (Fsp3) is 0.231. The summed E-state index contributed by atoms with van der Waals surface area (Å²) in [5.41, 5.74) is 8.96. The second-order valence-corrected chi connectivity index (χ2v) is 5.17. The van der Waals surface area contributed by atoms with E-state index >= 15 is 0 Å². The van der Waals surface area contributed by atoms with Crippen LogP contribution in [0.2, 0.25) is 0 Å². The summed E-state index contributed by atoms with van der Waals surface area (Å²) in [4.78, 5) is 9.46. The van der Waals surface area contributed by atoms with Crippen molar-refractivity contribution in [3.63, 3.8) is 0 Å². The van der Waals surface area contributed by atoms with Crippen LogP contribution in [0.15, 0.2) is 28.3 Å². The number of nitrogens with zero attached hydrogens (tertiary/aromatic N) is 2. The summed E-state index contributed by atoms with van der Waals surface area (Å²) in [6.45, 7) is 5.86. The molecule has 0 spiro atoms. The number of anilines is 1. The Labute approximate surface area is 110 Å². The summed E-state index contributed by atoms with van der Waals surface area (Å²) < 4.78 is 13.2. The van der Waals surface area contributed by atoms with E-state index in [0.717, 1.165) is 17.0 Å². The van der Waals surface area contributed by atoms with Gasteiger partial charge in [-0.25, -0.2) is 14.4 Å². The molecule has 1 aromatic carbocycles. The van der Waals surface area contributed by atoms with Crippen molar-refractivity contribution in [1.29, 1.82) is 0 Å². The molecular weight excluding hydrogens is 249 g/mol. The van der Waals surface area contributed by atoms with Gasteiger partial charge in [0.2, 0.25) is 0 Å². The molecule has 0 aliphatic heterocycles. The van der Waals surface area contributed by atoms with Gasteiger partial charge in [-0.05, 0) is 56.3 Å². The molecule has 1 heterocycles. The first-order valence-electron chi connectivity index (χ1n) is 5.51. The summed E-state index contributed by atoms with van der Waals surface area (Å²) in [7, 11) is 0. The summed E-state index contributed by atoms with van der Waals surface area (Å²) in [5, 5.41) is 0.612. The van der Waals surface area contributed by atoms with Gasteiger partial charge in [-0.3, -0.25) is 0 Å². The molecule has 5 heteroatoms. The van der Waals surface area contributed by atoms with Gasteiger partial charge in [0, 0.05) is 22.0 Å². The van der Waals surface area contributed by atoms with Crippen molar-refractivity contribution in [2.75, 3.05) is 5.73 Å². The van der Waals surface area contributed by atoms with E-state index in [0.29, 0.717) is 15.7 Å². The van der Waals surface area contributed by atoms with Crippen molar-refractivity contribution in [3.05, 3.63) is 41.0 Å². The number of aryl methyl sites for hydroxylation is 2. The van der Waals surface area contributed by atoms with Gasteiger partial charge in [0.05, 0.1) is 0 Å². The van der Waals surface area contributed by atoms with Gasteiger partial charge in [0.15, 0.2) is 5.16 Å². The molecule has 0 bridgehead atoms. The number of hydrogen-bond donors (Lipinski definition) is 1. The van der Waals surface area contributed by atoms with E-state index in [1.807, 2.05) is 20.8 Å². The fourth-order valence-electron chi connectivity index (χ4n) is 1.54. The molecular formula is C13H14FN3S. The van der Waals surface area contributed by atoms with E-state index in [1.54, 1.807) is 6.07 Å². The van der Waals surface area contributed by atoms with Gasteiger partial charge in [0.25, 0.3) is 0 Å². The van der Waals surface area contributed by atoms with Crippen molar-refractivity contribution in [1.82, 2.24) is 9.97 Å². The van der Waals surface area contributed by atoms with Crippen LogP contribution in [0.3, 0.4) is 0 Å². The zero-order valence-electron chi connectivity index (χ0n) is 10.5. The smallest absolute Gasteiger partial charge is 0.192 e. The first-order chi connectivity index (χ1) is 8.45. The number of nitrogen functional groups attached to an aromatic ring is 1. The molecule has 18 heavy (non-hydrogen) atoms. The maximum Gasteiger partial charge on any atom is 0.192 e. The van der Waals surface area contributed by atoms with Gasteiger partial charge in [-0.1, -0.05) is 0 Å². The predicted molar refractivity (Wildman–Crippen MR) is 71.2 cm³/mol. The highest BCUT2D eigenvalue weighted by Gasteiger charge is 2.07. The number of rotatable bonds is 2. The molecule has 0 atom stereocenters. The van der Waals surface area contributed by atoms with Crippen molar-refractivity contribution in [3.8, 4) is 0 Å². The first kappa shape index (κ1) is 12.8. The molecule has 0 unspecified atom stereocenters. The van der Waals surface area contributed by atoms with Crippen LogP contribution in [0.4, 0.5) is 10.1 Å². The summed E-state index contributed by atoms with van der Waals surface area (Å²) in [6, 6.07) is 4.42. The summed E-state index contributed by atoms with van der Waals surface area (Å²) in [6.07, 6.45) is 0. The van der Waals surface area contributed by atoms with Gasteiger partial charge in [-0.15, -0.1) is 0 Å². The van der Waals surface area contributed by atoms with Gasteiger partial charge in [-0.2, -0.15) is 0 Å². The van der Waals surface area contributed by atoms with E-state index in [4.69, 9.17) is 5.73 Å². The van der Waals surface area contributed by atoms with E-state index in [2.05, 4.69) is 9.97 Å². The Morgan fingerprint density at radius 2 is 1.67 bits per heavy atom. The molecule has 2 rings (SSSR count). The van der Waals surface area contributed by atoms with Crippen LogP contribution in [-0.4, -0.2) is 9.97 Å². The number of aromatic nitrogens is 2. The maximum absolute atomic E-state index is 13.2. The Morgan fingerprint density at radius 1 is 1.06 bits per heavy atom. The van der Waals surface area contributed by atoms with E-state index < -0.39 is 0 Å². The quantitative estimate of drug-likeness (QED) is 0.667. The fourth-order valence-corrected chi connectivity index (χ4v) is 2.48. The molecule has 0 aliphatic carbocycles. The number of hydrogen-bond acceptors (Lipinski definition) is 4. The maximum atomic E-state index is 13.2. The van der Waals surface area contributed by atoms with E-state index in [9.17, 15) is 4.39 Å². The highest BCUT2D eigenvalue weighted by molar-refractivity contribution is 7.99. The van der Waals surface area contributed by atoms with E-state index in [-0.39, 0.29) is 5.82 Å². The van der Waals surface area contributed by atoms with E-state index in [1.165, 1.54) is 23.9 Å². The lowest BCUT2D eigenvalue weighted by Gasteiger charge is -2.07. The van der Waals surface area contributed by atoms with Gasteiger partial charge >= 0.3 is 0 Å². The Balaban J connectivity index is 2.34. The van der Waals surface area contributed by atoms with Crippen LogP contribution >= 0.6 is 11.8 Å². The molecule has 3 nitrogen and oxygen atoms in total. The third kappa shape index (κ3) is 2.79. The van der Waals surface area contributed by atoms with Crippen LogP contribution in [-0.2, 0) is 0 Å². The second kappa shape index (κ2) is 4.94. The molecule has 0 saturated heterocycles. The minimum atomic E-state index is -0.349. The monoisotopic (exact) mass is 263 g/mol. The first-order valence-corrected chi connectivity index (χ1v) is 6.33. The standard InChI is InChI=1S/C13H14FN3S/c1-7-8(2)16-13(17-9(7)3)18-12-5-10(14)4-11(15)6-12/h4-6H,15H2,1-3H3. The second-order valence-electron chi connectivity index (χ2n) is 4.12. The minimum Gasteiger partial charge on any atom is -0.399 e. The highest BCUT2D eigenvalue weighted by Crippen LogP contribution is 2.28. The van der Waals surface area contributed by atoms with Crippen molar-refractivity contribution >= 4 is 17.4 Å². The van der Waals surface area contributed by atoms with Crippen molar-refractivity contribution in [2.24, 2.45) is 0 Å². The SMILES string of the molecule is Cc1nc(Sc2cc(N)cc(F)c2)nc(C)c1C. The number of nitrogens with two attached hydrogens (primary N) is 1. The van der Waals surface area contributed by atoms with Crippen LogP contribution in [0.1, 0.15) is 17.0 Å². The van der Waals surface area contributed by atoms with Crippen LogP contribution in [0.5, 0.6) is 0 Å². The van der Waals surface area contributed by atoms with Gasteiger partial charge in [0.1, 0.15) is 5.82 Å². The topological polar surface area (TPSA) is 51.8 Å². The zero-order valence-corrected chi connectivity index (χ0v) is 11.3. The zero-order chi connectivity index (χ0) is 13.3. The normalized spacial score (nSPS) is 10.7. The van der Waals surface area contributed by atoms with Crippen LogP contribution in [0.25, 0.3) is 0 Å². The lowest BCUT2D eigenvalue weighted by molar-refractivity contribution is 0.625. The lowest BCUT2D eigenvalue weighted by atomic mass is 10.2. The molecule has 0 amide bonds. The Hall–Kier alpha value is -1.62. The molecule has 94 valence electrons. The molecule has 0 saturated carbocycles. The van der Waals surface area contributed by atoms with Crippen LogP contribution < -0.4 is 5.73 Å². The molecule has 1 aromatic heterocycles. The highest BCUT2D eigenvalue weighted by atomic mass is 32.2.